The van der Waals surface area contributed by atoms with Gasteiger partial charge >= 0.3 is 0 Å². The van der Waals surface area contributed by atoms with Crippen molar-refractivity contribution in [3.05, 3.63) is 59.9 Å². The van der Waals surface area contributed by atoms with Crippen LogP contribution in [0.5, 0.6) is 0 Å². The summed E-state index contributed by atoms with van der Waals surface area (Å²) in [5.41, 5.74) is 2.52. The van der Waals surface area contributed by atoms with E-state index in [1.807, 2.05) is 6.92 Å². The van der Waals surface area contributed by atoms with Gasteiger partial charge in [0.15, 0.2) is 0 Å². The molecule has 152 valence electrons. The molecule has 3 rings (SSSR count). The second kappa shape index (κ2) is 9.03. The first-order valence-electron chi connectivity index (χ1n) is 9.66. The predicted octanol–water partition coefficient (Wildman–Crippen LogP) is 3.01. The standard InChI is InChI=1S/C21H28FN3O2S/c1-17-6-5-7-19(16-17)25-14-12-24(13-15-25)11-10-18(2)23-28(26,27)21-9-4-3-8-20(21)22/h3-9,16,18,23H,10-15H2,1-2H3/t18-/m0/s1. The first-order valence-corrected chi connectivity index (χ1v) is 11.1. The number of benzene rings is 2. The first kappa shape index (κ1) is 20.8. The van der Waals surface area contributed by atoms with E-state index in [1.165, 1.54) is 29.4 Å². The molecule has 5 nitrogen and oxygen atoms in total. The number of anilines is 1. The highest BCUT2D eigenvalue weighted by Gasteiger charge is 2.22. The first-order chi connectivity index (χ1) is 13.3. The molecule has 0 unspecified atom stereocenters. The number of nitrogens with one attached hydrogen (secondary N) is 1. The van der Waals surface area contributed by atoms with Crippen molar-refractivity contribution < 1.29 is 12.8 Å². The van der Waals surface area contributed by atoms with E-state index in [4.69, 9.17) is 0 Å². The Kier molecular flexibility index (Phi) is 6.69. The molecule has 0 aliphatic carbocycles. The molecule has 1 heterocycles. The minimum absolute atomic E-state index is 0.264. The van der Waals surface area contributed by atoms with Crippen LogP contribution >= 0.6 is 0 Å². The summed E-state index contributed by atoms with van der Waals surface area (Å²) in [4.78, 5) is 4.43. The smallest absolute Gasteiger partial charge is 0.243 e. The summed E-state index contributed by atoms with van der Waals surface area (Å²) < 4.78 is 41.1. The van der Waals surface area contributed by atoms with Gasteiger partial charge in [0.25, 0.3) is 0 Å². The van der Waals surface area contributed by atoms with Crippen LogP contribution in [0, 0.1) is 12.7 Å². The van der Waals surface area contributed by atoms with Crippen LogP contribution in [0.3, 0.4) is 0 Å². The van der Waals surface area contributed by atoms with Crippen LogP contribution < -0.4 is 9.62 Å². The number of halogens is 1. The van der Waals surface area contributed by atoms with Gasteiger partial charge in [-0.05, 0) is 56.6 Å². The Labute approximate surface area is 167 Å². The van der Waals surface area contributed by atoms with Crippen LogP contribution in [-0.2, 0) is 10.0 Å². The fraction of sp³-hybridized carbons (Fsp3) is 0.429. The predicted molar refractivity (Wildman–Crippen MR) is 111 cm³/mol. The third kappa shape index (κ3) is 5.31. The molecule has 1 saturated heterocycles. The Morgan fingerprint density at radius 3 is 2.46 bits per heavy atom. The van der Waals surface area contributed by atoms with E-state index in [0.29, 0.717) is 6.42 Å². The number of aryl methyl sites for hydroxylation is 1. The summed E-state index contributed by atoms with van der Waals surface area (Å²) in [7, 11) is -3.84. The second-order valence-electron chi connectivity index (χ2n) is 7.41. The van der Waals surface area contributed by atoms with Gasteiger partial charge in [-0.3, -0.25) is 4.90 Å². The van der Waals surface area contributed by atoms with Crippen LogP contribution in [-0.4, -0.2) is 52.1 Å². The van der Waals surface area contributed by atoms with Gasteiger partial charge in [0.2, 0.25) is 10.0 Å². The highest BCUT2D eigenvalue weighted by molar-refractivity contribution is 7.89. The molecule has 0 radical (unpaired) electrons. The lowest BCUT2D eigenvalue weighted by molar-refractivity contribution is 0.248. The van der Waals surface area contributed by atoms with Crippen molar-refractivity contribution in [1.29, 1.82) is 0 Å². The van der Waals surface area contributed by atoms with E-state index in [9.17, 15) is 12.8 Å². The van der Waals surface area contributed by atoms with Gasteiger partial charge in [-0.1, -0.05) is 24.3 Å². The lowest BCUT2D eigenvalue weighted by Crippen LogP contribution is -2.47. The molecule has 1 atom stereocenters. The normalized spacial score (nSPS) is 16.9. The van der Waals surface area contributed by atoms with Crippen LogP contribution in [0.4, 0.5) is 10.1 Å². The number of piperazine rings is 1. The molecule has 0 aromatic heterocycles. The molecule has 28 heavy (non-hydrogen) atoms. The van der Waals surface area contributed by atoms with E-state index < -0.39 is 15.8 Å². The summed E-state index contributed by atoms with van der Waals surface area (Å²) in [5.74, 6) is -0.727. The van der Waals surface area contributed by atoms with Gasteiger partial charge < -0.3 is 4.90 Å². The maximum absolute atomic E-state index is 13.8. The Balaban J connectivity index is 1.47. The third-order valence-electron chi connectivity index (χ3n) is 5.10. The van der Waals surface area contributed by atoms with E-state index in [2.05, 4.69) is 45.7 Å². The van der Waals surface area contributed by atoms with Crippen molar-refractivity contribution in [2.24, 2.45) is 0 Å². The lowest BCUT2D eigenvalue weighted by Gasteiger charge is -2.36. The Morgan fingerprint density at radius 2 is 1.79 bits per heavy atom. The lowest BCUT2D eigenvalue weighted by atomic mass is 10.2. The largest absolute Gasteiger partial charge is 0.369 e. The highest BCUT2D eigenvalue weighted by atomic mass is 32.2. The van der Waals surface area contributed by atoms with Gasteiger partial charge in [-0.25, -0.2) is 17.5 Å². The summed E-state index contributed by atoms with van der Waals surface area (Å²) in [6, 6.07) is 13.7. The van der Waals surface area contributed by atoms with Gasteiger partial charge in [-0.15, -0.1) is 0 Å². The number of sulfonamides is 1. The topological polar surface area (TPSA) is 52.6 Å². The van der Waals surface area contributed by atoms with E-state index in [-0.39, 0.29) is 10.9 Å². The van der Waals surface area contributed by atoms with Crippen LogP contribution in [0.1, 0.15) is 18.9 Å². The van der Waals surface area contributed by atoms with Crippen molar-refractivity contribution in [1.82, 2.24) is 9.62 Å². The van der Waals surface area contributed by atoms with Crippen molar-refractivity contribution in [3.63, 3.8) is 0 Å². The van der Waals surface area contributed by atoms with Gasteiger partial charge in [0, 0.05) is 37.9 Å². The van der Waals surface area contributed by atoms with Gasteiger partial charge in [-0.2, -0.15) is 0 Å². The van der Waals surface area contributed by atoms with Gasteiger partial charge in [0.1, 0.15) is 10.7 Å². The third-order valence-corrected chi connectivity index (χ3v) is 6.72. The summed E-state index contributed by atoms with van der Waals surface area (Å²) >= 11 is 0. The molecule has 0 amide bonds. The van der Waals surface area contributed by atoms with E-state index >= 15 is 0 Å². The minimum atomic E-state index is -3.84. The zero-order valence-electron chi connectivity index (χ0n) is 16.4. The maximum atomic E-state index is 13.8. The summed E-state index contributed by atoms with van der Waals surface area (Å²) in [5, 5.41) is 0. The Hall–Kier alpha value is -1.96. The quantitative estimate of drug-likeness (QED) is 0.769. The van der Waals surface area contributed by atoms with Gasteiger partial charge in [0.05, 0.1) is 0 Å². The molecule has 1 aliphatic heterocycles. The number of nitrogens with zero attached hydrogens (tertiary/aromatic N) is 2. The molecule has 2 aromatic carbocycles. The zero-order valence-corrected chi connectivity index (χ0v) is 17.3. The number of hydrogen-bond acceptors (Lipinski definition) is 4. The minimum Gasteiger partial charge on any atom is -0.369 e. The van der Waals surface area contributed by atoms with Crippen LogP contribution in [0.2, 0.25) is 0 Å². The van der Waals surface area contributed by atoms with Crippen molar-refractivity contribution in [3.8, 4) is 0 Å². The van der Waals surface area contributed by atoms with Crippen molar-refractivity contribution in [2.45, 2.75) is 31.2 Å². The molecule has 1 N–H and O–H groups in total. The fourth-order valence-corrected chi connectivity index (χ4v) is 4.84. The zero-order chi connectivity index (χ0) is 20.1. The average molecular weight is 406 g/mol. The summed E-state index contributed by atoms with van der Waals surface area (Å²) in [6.07, 6.45) is 0.679. The second-order valence-corrected chi connectivity index (χ2v) is 9.09. The van der Waals surface area contributed by atoms with E-state index in [1.54, 1.807) is 0 Å². The van der Waals surface area contributed by atoms with Crippen LogP contribution in [0.15, 0.2) is 53.4 Å². The molecule has 7 heteroatoms. The molecule has 0 bridgehead atoms. The van der Waals surface area contributed by atoms with Crippen molar-refractivity contribution in [2.75, 3.05) is 37.6 Å². The molecular weight excluding hydrogens is 377 g/mol. The number of rotatable bonds is 7. The van der Waals surface area contributed by atoms with Crippen LogP contribution in [0.25, 0.3) is 0 Å². The molecule has 1 fully saturated rings. The maximum Gasteiger partial charge on any atom is 0.243 e. The summed E-state index contributed by atoms with van der Waals surface area (Å²) in [6.45, 7) is 8.53. The molecule has 2 aromatic rings. The molecule has 1 aliphatic rings. The monoisotopic (exact) mass is 405 g/mol. The van der Waals surface area contributed by atoms with E-state index in [0.717, 1.165) is 38.8 Å². The Morgan fingerprint density at radius 1 is 1.07 bits per heavy atom. The average Bonchev–Trinajstić information content (AvgIpc) is 2.66. The number of hydrogen-bond donors (Lipinski definition) is 1. The van der Waals surface area contributed by atoms with Crippen molar-refractivity contribution >= 4 is 15.7 Å². The fourth-order valence-electron chi connectivity index (χ4n) is 3.48. The molecule has 0 saturated carbocycles. The highest BCUT2D eigenvalue weighted by Crippen LogP contribution is 2.18. The molecular formula is C21H28FN3O2S. The Bertz CT molecular complexity index is 896. The molecule has 0 spiro atoms. The SMILES string of the molecule is Cc1cccc(N2CCN(CC[C@H](C)NS(=O)(=O)c3ccccc3F)CC2)c1.